The topological polar surface area (TPSA) is 119 Å². The minimum absolute atomic E-state index is 0.196. The van der Waals surface area contributed by atoms with E-state index in [2.05, 4.69) is 43.0 Å². The van der Waals surface area contributed by atoms with Crippen LogP contribution in [-0.2, 0) is 62.5 Å². The van der Waals surface area contributed by atoms with Crippen LogP contribution in [0.3, 0.4) is 0 Å². The molecule has 0 fully saturated rings. The Kier molecular flexibility index (Phi) is 25.6. The van der Waals surface area contributed by atoms with Crippen LogP contribution in [0.5, 0.6) is 0 Å². The molecule has 0 heterocycles. The second kappa shape index (κ2) is 30.7. The molecular formula is C43H60O12. The van der Waals surface area contributed by atoms with E-state index in [1.54, 1.807) is 6.92 Å². The van der Waals surface area contributed by atoms with E-state index in [-0.39, 0.29) is 6.61 Å². The van der Waals surface area contributed by atoms with Gasteiger partial charge in [0.25, 0.3) is 0 Å². The van der Waals surface area contributed by atoms with E-state index in [1.807, 2.05) is 54.6 Å². The van der Waals surface area contributed by atoms with Gasteiger partial charge in [0.2, 0.25) is 0 Å². The lowest BCUT2D eigenvalue weighted by molar-refractivity contribution is -0.140. The first-order chi connectivity index (χ1) is 27.1. The van der Waals surface area contributed by atoms with E-state index in [1.165, 1.54) is 0 Å². The molecule has 3 aromatic rings. The zero-order valence-corrected chi connectivity index (χ0v) is 32.4. The number of hydrogen-bond donors (Lipinski definition) is 0. The summed E-state index contributed by atoms with van der Waals surface area (Å²) < 4.78 is 61.5. The van der Waals surface area contributed by atoms with Crippen molar-refractivity contribution in [1.82, 2.24) is 0 Å². The lowest BCUT2D eigenvalue weighted by Crippen LogP contribution is -2.34. The first-order valence-electron chi connectivity index (χ1n) is 19.0. The quantitative estimate of drug-likeness (QED) is 0.0336. The van der Waals surface area contributed by atoms with Crippen molar-refractivity contribution in [1.29, 1.82) is 0 Å². The molecular weight excluding hydrogens is 708 g/mol. The van der Waals surface area contributed by atoms with Gasteiger partial charge in [-0.05, 0) is 23.6 Å². The van der Waals surface area contributed by atoms with Gasteiger partial charge in [-0.25, -0.2) is 4.79 Å². The van der Waals surface area contributed by atoms with E-state index in [0.717, 1.165) is 16.7 Å². The van der Waals surface area contributed by atoms with Crippen molar-refractivity contribution in [3.8, 4) is 0 Å². The maximum atomic E-state index is 11.2. The van der Waals surface area contributed by atoms with Gasteiger partial charge in [0, 0.05) is 5.57 Å². The van der Waals surface area contributed by atoms with Gasteiger partial charge in [0.1, 0.15) is 12.2 Å². The summed E-state index contributed by atoms with van der Waals surface area (Å²) in [6.07, 6.45) is 0. The molecule has 304 valence electrons. The Morgan fingerprint density at radius 2 is 0.636 bits per heavy atom. The molecule has 0 unspecified atom stereocenters. The molecule has 0 N–H and O–H groups in total. The van der Waals surface area contributed by atoms with Gasteiger partial charge >= 0.3 is 5.97 Å². The number of ether oxygens (including phenoxy) is 11. The molecule has 0 aromatic heterocycles. The van der Waals surface area contributed by atoms with Gasteiger partial charge in [-0.1, -0.05) is 97.6 Å². The Hall–Kier alpha value is -3.53. The number of carbonyl (C=O) groups excluding carboxylic acids is 1. The van der Waals surface area contributed by atoms with Crippen LogP contribution in [-0.4, -0.2) is 138 Å². The first kappa shape index (κ1) is 45.9. The normalized spacial score (nSPS) is 11.5. The fraction of sp³-hybridized carbons (Fsp3) is 0.512. The van der Waals surface area contributed by atoms with Crippen molar-refractivity contribution in [2.75, 3.05) is 132 Å². The molecule has 0 saturated carbocycles. The van der Waals surface area contributed by atoms with Gasteiger partial charge in [0.15, 0.2) is 0 Å². The van der Waals surface area contributed by atoms with Gasteiger partial charge in [-0.3, -0.25) is 0 Å². The number of rotatable bonds is 35. The number of carbonyl (C=O) groups is 1. The zero-order valence-electron chi connectivity index (χ0n) is 32.4. The Balaban J connectivity index is 1.06. The molecule has 0 amide bonds. The molecule has 3 aromatic carbocycles. The summed E-state index contributed by atoms with van der Waals surface area (Å²) >= 11 is 0. The number of benzene rings is 3. The minimum Gasteiger partial charge on any atom is -0.460 e. The molecule has 0 atom stereocenters. The number of hydrogen-bond acceptors (Lipinski definition) is 12. The third-order valence-corrected chi connectivity index (χ3v) is 7.87. The van der Waals surface area contributed by atoms with Gasteiger partial charge in [-0.2, -0.15) is 0 Å². The van der Waals surface area contributed by atoms with E-state index < -0.39 is 11.6 Å². The van der Waals surface area contributed by atoms with Crippen LogP contribution >= 0.6 is 0 Å². The average molecular weight is 769 g/mol. The lowest BCUT2D eigenvalue weighted by atomic mass is 9.80. The summed E-state index contributed by atoms with van der Waals surface area (Å²) in [6, 6.07) is 30.9. The molecule has 0 bridgehead atoms. The fourth-order valence-corrected chi connectivity index (χ4v) is 5.20. The highest BCUT2D eigenvalue weighted by Crippen LogP contribution is 2.40. The second-order valence-corrected chi connectivity index (χ2v) is 12.1. The highest BCUT2D eigenvalue weighted by molar-refractivity contribution is 5.86. The molecule has 0 aliphatic carbocycles. The Morgan fingerprint density at radius 1 is 0.400 bits per heavy atom. The van der Waals surface area contributed by atoms with E-state index in [0.29, 0.717) is 131 Å². The van der Waals surface area contributed by atoms with Gasteiger partial charge in [0.05, 0.1) is 126 Å². The molecule has 0 radical (unpaired) electrons. The monoisotopic (exact) mass is 768 g/mol. The molecule has 3 rings (SSSR count). The molecule has 0 aliphatic heterocycles. The smallest absolute Gasteiger partial charge is 0.333 e. The van der Waals surface area contributed by atoms with Gasteiger partial charge in [-0.15, -0.1) is 0 Å². The van der Waals surface area contributed by atoms with Crippen molar-refractivity contribution < 1.29 is 56.9 Å². The number of esters is 1. The highest BCUT2D eigenvalue weighted by Gasteiger charge is 2.37. The molecule has 12 heteroatoms. The standard InChI is InChI=1S/C43H60O12/c1-38(2)42(44)54-36-34-52-32-30-50-28-26-48-24-22-46-20-18-45-19-21-47-23-25-49-27-29-51-31-33-53-35-37-55-43(39-12-6-3-7-13-39,40-14-8-4-9-15-40)41-16-10-5-11-17-41/h3-17H,1,18-37H2,2H3. The SMILES string of the molecule is C=C(C)C(=O)OCCOCCOCCOCCOCCOCCOCCOCCOCCOCCOC(c1ccccc1)(c1ccccc1)c1ccccc1. The van der Waals surface area contributed by atoms with Crippen LogP contribution in [0.4, 0.5) is 0 Å². The Morgan fingerprint density at radius 3 is 0.891 bits per heavy atom. The van der Waals surface area contributed by atoms with E-state index in [4.69, 9.17) is 52.1 Å². The summed E-state index contributed by atoms with van der Waals surface area (Å²) in [6.45, 7) is 14.1. The molecule has 55 heavy (non-hydrogen) atoms. The minimum atomic E-state index is -0.756. The average Bonchev–Trinajstić information content (AvgIpc) is 3.22. The van der Waals surface area contributed by atoms with Crippen LogP contribution in [0.1, 0.15) is 23.6 Å². The lowest BCUT2D eigenvalue weighted by Gasteiger charge is -2.36. The molecule has 12 nitrogen and oxygen atoms in total. The van der Waals surface area contributed by atoms with Crippen molar-refractivity contribution in [2.45, 2.75) is 12.5 Å². The predicted molar refractivity (Wildman–Crippen MR) is 208 cm³/mol. The van der Waals surface area contributed by atoms with Gasteiger partial charge < -0.3 is 52.1 Å². The third kappa shape index (κ3) is 19.8. The fourth-order valence-electron chi connectivity index (χ4n) is 5.20. The maximum absolute atomic E-state index is 11.2. The highest BCUT2D eigenvalue weighted by atomic mass is 16.6. The Bertz CT molecular complexity index is 1260. The molecule has 0 saturated heterocycles. The van der Waals surface area contributed by atoms with Crippen molar-refractivity contribution in [3.05, 3.63) is 120 Å². The first-order valence-corrected chi connectivity index (χ1v) is 19.0. The third-order valence-electron chi connectivity index (χ3n) is 7.87. The summed E-state index contributed by atoms with van der Waals surface area (Å²) in [5.41, 5.74) is 2.80. The molecule has 0 spiro atoms. The van der Waals surface area contributed by atoms with E-state index >= 15 is 0 Å². The van der Waals surface area contributed by atoms with Crippen molar-refractivity contribution >= 4 is 5.97 Å². The Labute approximate surface area is 326 Å². The molecule has 0 aliphatic rings. The van der Waals surface area contributed by atoms with Crippen molar-refractivity contribution in [3.63, 3.8) is 0 Å². The van der Waals surface area contributed by atoms with E-state index in [9.17, 15) is 4.79 Å². The summed E-state index contributed by atoms with van der Waals surface area (Å²) in [7, 11) is 0. The van der Waals surface area contributed by atoms with Crippen LogP contribution in [0.25, 0.3) is 0 Å². The summed E-state index contributed by atoms with van der Waals surface area (Å²) in [5.74, 6) is -0.414. The van der Waals surface area contributed by atoms with Crippen LogP contribution in [0.2, 0.25) is 0 Å². The van der Waals surface area contributed by atoms with Crippen LogP contribution in [0, 0.1) is 0 Å². The van der Waals surface area contributed by atoms with Crippen LogP contribution in [0.15, 0.2) is 103 Å². The summed E-state index contributed by atoms with van der Waals surface area (Å²) in [5, 5.41) is 0. The largest absolute Gasteiger partial charge is 0.460 e. The van der Waals surface area contributed by atoms with Crippen molar-refractivity contribution in [2.24, 2.45) is 0 Å². The maximum Gasteiger partial charge on any atom is 0.333 e. The summed E-state index contributed by atoms with van der Waals surface area (Å²) in [4.78, 5) is 11.2. The zero-order chi connectivity index (χ0) is 38.9. The predicted octanol–water partition coefficient (Wildman–Crippen LogP) is 5.26. The second-order valence-electron chi connectivity index (χ2n) is 12.1. The van der Waals surface area contributed by atoms with Crippen LogP contribution < -0.4 is 0 Å².